The molecular formula is C20H39N7O2. The van der Waals surface area contributed by atoms with Gasteiger partial charge >= 0.3 is 12.0 Å². The number of hydrogen-bond donors (Lipinski definition) is 0. The van der Waals surface area contributed by atoms with E-state index < -0.39 is 0 Å². The average molecular weight is 410 g/mol. The molecule has 0 unspecified atom stereocenters. The number of ether oxygens (including phenoxy) is 2. The van der Waals surface area contributed by atoms with Crippen LogP contribution < -0.4 is 14.4 Å². The van der Waals surface area contributed by atoms with Crippen LogP contribution in [0.1, 0.15) is 27.7 Å². The Balaban J connectivity index is 2.04. The van der Waals surface area contributed by atoms with E-state index in [1.54, 1.807) is 0 Å². The van der Waals surface area contributed by atoms with Crippen molar-refractivity contribution in [3.63, 3.8) is 0 Å². The molecule has 0 atom stereocenters. The molecule has 1 aromatic heterocycles. The lowest BCUT2D eigenvalue weighted by Gasteiger charge is -2.32. The average Bonchev–Trinajstić information content (AvgIpc) is 2.75. The predicted octanol–water partition coefficient (Wildman–Crippen LogP) is 1.06. The Morgan fingerprint density at radius 1 is 0.724 bits per heavy atom. The van der Waals surface area contributed by atoms with Gasteiger partial charge in [0.1, 0.15) is 13.2 Å². The summed E-state index contributed by atoms with van der Waals surface area (Å²) < 4.78 is 11.7. The molecule has 0 amide bonds. The van der Waals surface area contributed by atoms with Crippen LogP contribution in [0.5, 0.6) is 12.0 Å². The van der Waals surface area contributed by atoms with Crippen LogP contribution in [0.25, 0.3) is 0 Å². The van der Waals surface area contributed by atoms with Crippen LogP contribution in [-0.2, 0) is 0 Å². The summed E-state index contributed by atoms with van der Waals surface area (Å²) >= 11 is 0. The summed E-state index contributed by atoms with van der Waals surface area (Å²) in [6, 6.07) is 0.692. The van der Waals surface area contributed by atoms with Gasteiger partial charge in [0.2, 0.25) is 5.95 Å². The van der Waals surface area contributed by atoms with E-state index >= 15 is 0 Å². The third-order valence-corrected chi connectivity index (χ3v) is 5.43. The molecule has 9 heteroatoms. The van der Waals surface area contributed by atoms with Gasteiger partial charge in [0.15, 0.2) is 0 Å². The fourth-order valence-electron chi connectivity index (χ4n) is 3.22. The van der Waals surface area contributed by atoms with Gasteiger partial charge in [0, 0.05) is 39.3 Å². The molecule has 29 heavy (non-hydrogen) atoms. The highest BCUT2D eigenvalue weighted by Crippen LogP contribution is 2.18. The molecule has 0 aromatic carbocycles. The largest absolute Gasteiger partial charge is 0.462 e. The first kappa shape index (κ1) is 23.6. The van der Waals surface area contributed by atoms with Gasteiger partial charge in [0.05, 0.1) is 0 Å². The van der Waals surface area contributed by atoms with E-state index in [9.17, 15) is 0 Å². The van der Waals surface area contributed by atoms with Gasteiger partial charge in [-0.05, 0) is 33.2 Å². The second kappa shape index (κ2) is 12.8. The lowest BCUT2D eigenvalue weighted by atomic mass is 10.3. The first-order valence-corrected chi connectivity index (χ1v) is 11.0. The number of hydrogen-bond acceptors (Lipinski definition) is 9. The molecule has 2 heterocycles. The Morgan fingerprint density at radius 3 is 1.59 bits per heavy atom. The highest BCUT2D eigenvalue weighted by atomic mass is 16.5. The first-order chi connectivity index (χ1) is 14.1. The van der Waals surface area contributed by atoms with Crippen molar-refractivity contribution in [3.8, 4) is 12.0 Å². The molecule has 166 valence electrons. The first-order valence-electron chi connectivity index (χ1n) is 11.0. The standard InChI is InChI=1S/C20H39N7O2/c1-6-25(7-2)14-16-28-19-21-18(27-12-10-24(5)11-13-27)22-20(23-19)29-17-15-26(8-3)9-4/h6-17H2,1-5H3. The zero-order valence-corrected chi connectivity index (χ0v) is 18.9. The van der Waals surface area contributed by atoms with E-state index in [2.05, 4.69) is 69.3 Å². The summed E-state index contributed by atoms with van der Waals surface area (Å²) in [6.45, 7) is 19.2. The topological polar surface area (TPSA) is 70.1 Å². The van der Waals surface area contributed by atoms with Gasteiger partial charge in [0.25, 0.3) is 0 Å². The van der Waals surface area contributed by atoms with E-state index in [-0.39, 0.29) is 0 Å². The number of piperazine rings is 1. The van der Waals surface area contributed by atoms with Gasteiger partial charge in [-0.25, -0.2) is 0 Å². The molecule has 0 saturated carbocycles. The summed E-state index contributed by atoms with van der Waals surface area (Å²) in [5.41, 5.74) is 0. The molecule has 9 nitrogen and oxygen atoms in total. The van der Waals surface area contributed by atoms with Crippen LogP contribution in [0.2, 0.25) is 0 Å². The minimum absolute atomic E-state index is 0.346. The highest BCUT2D eigenvalue weighted by molar-refractivity contribution is 5.33. The van der Waals surface area contributed by atoms with Crippen LogP contribution in [0, 0.1) is 0 Å². The third kappa shape index (κ3) is 7.91. The second-order valence-electron chi connectivity index (χ2n) is 7.24. The van der Waals surface area contributed by atoms with Crippen molar-refractivity contribution < 1.29 is 9.47 Å². The normalized spacial score (nSPS) is 15.3. The van der Waals surface area contributed by atoms with Gasteiger partial charge in [-0.3, -0.25) is 0 Å². The Morgan fingerprint density at radius 2 is 1.17 bits per heavy atom. The van der Waals surface area contributed by atoms with Crippen molar-refractivity contribution in [1.29, 1.82) is 0 Å². The minimum Gasteiger partial charge on any atom is -0.462 e. The van der Waals surface area contributed by atoms with Crippen molar-refractivity contribution in [2.24, 2.45) is 0 Å². The van der Waals surface area contributed by atoms with Crippen LogP contribution >= 0.6 is 0 Å². The van der Waals surface area contributed by atoms with E-state index in [1.165, 1.54) is 0 Å². The van der Waals surface area contributed by atoms with E-state index in [4.69, 9.17) is 9.47 Å². The van der Waals surface area contributed by atoms with Gasteiger partial charge < -0.3 is 29.1 Å². The van der Waals surface area contributed by atoms with Crippen molar-refractivity contribution in [3.05, 3.63) is 0 Å². The van der Waals surface area contributed by atoms with Crippen molar-refractivity contribution >= 4 is 5.95 Å². The molecular weight excluding hydrogens is 370 g/mol. The number of aromatic nitrogens is 3. The van der Waals surface area contributed by atoms with E-state index in [0.717, 1.165) is 65.4 Å². The number of rotatable bonds is 13. The maximum Gasteiger partial charge on any atom is 0.324 e. The van der Waals surface area contributed by atoms with Gasteiger partial charge in [-0.15, -0.1) is 4.98 Å². The van der Waals surface area contributed by atoms with Gasteiger partial charge in [-0.2, -0.15) is 9.97 Å². The molecule has 0 N–H and O–H groups in total. The van der Waals surface area contributed by atoms with Crippen LogP contribution in [0.3, 0.4) is 0 Å². The maximum atomic E-state index is 5.87. The molecule has 0 aliphatic carbocycles. The zero-order valence-electron chi connectivity index (χ0n) is 18.9. The summed E-state index contributed by atoms with van der Waals surface area (Å²) in [4.78, 5) is 22.6. The molecule has 1 aromatic rings. The van der Waals surface area contributed by atoms with Crippen LogP contribution in [0.15, 0.2) is 0 Å². The molecule has 0 radical (unpaired) electrons. The summed E-state index contributed by atoms with van der Waals surface area (Å²) in [7, 11) is 2.13. The van der Waals surface area contributed by atoms with Crippen LogP contribution in [-0.4, -0.2) is 115 Å². The zero-order chi connectivity index (χ0) is 21.1. The molecule has 1 aliphatic heterocycles. The fraction of sp³-hybridized carbons (Fsp3) is 0.850. The van der Waals surface area contributed by atoms with Crippen LogP contribution in [0.4, 0.5) is 5.95 Å². The molecule has 2 rings (SSSR count). The van der Waals surface area contributed by atoms with E-state index in [0.29, 0.717) is 31.2 Å². The Bertz CT molecular complexity index is 538. The van der Waals surface area contributed by atoms with Gasteiger partial charge in [-0.1, -0.05) is 27.7 Å². The molecule has 1 aliphatic rings. The number of likely N-dealkylation sites (N-methyl/N-ethyl adjacent to an activating group) is 3. The quantitative estimate of drug-likeness (QED) is 0.476. The Hall–Kier alpha value is -1.71. The Kier molecular flexibility index (Phi) is 10.4. The molecule has 1 fully saturated rings. The fourth-order valence-corrected chi connectivity index (χ4v) is 3.22. The lowest BCUT2D eigenvalue weighted by molar-refractivity contribution is 0.197. The monoisotopic (exact) mass is 409 g/mol. The lowest BCUT2D eigenvalue weighted by Crippen LogP contribution is -2.45. The predicted molar refractivity (Wildman–Crippen MR) is 116 cm³/mol. The van der Waals surface area contributed by atoms with Crippen molar-refractivity contribution in [2.75, 3.05) is 90.6 Å². The molecule has 0 bridgehead atoms. The van der Waals surface area contributed by atoms with Crippen molar-refractivity contribution in [2.45, 2.75) is 27.7 Å². The number of anilines is 1. The maximum absolute atomic E-state index is 5.87. The minimum atomic E-state index is 0.346. The number of nitrogens with zero attached hydrogens (tertiary/aromatic N) is 7. The van der Waals surface area contributed by atoms with E-state index in [1.807, 2.05) is 0 Å². The SMILES string of the molecule is CCN(CC)CCOc1nc(OCCN(CC)CC)nc(N2CCN(C)CC2)n1. The summed E-state index contributed by atoms with van der Waals surface area (Å²) in [6.07, 6.45) is 0. The highest BCUT2D eigenvalue weighted by Gasteiger charge is 2.19. The second-order valence-corrected chi connectivity index (χ2v) is 7.24. The molecule has 0 spiro atoms. The summed E-state index contributed by atoms with van der Waals surface area (Å²) in [5.74, 6) is 0.642. The van der Waals surface area contributed by atoms with Crippen molar-refractivity contribution in [1.82, 2.24) is 29.7 Å². The molecule has 1 saturated heterocycles. The summed E-state index contributed by atoms with van der Waals surface area (Å²) in [5, 5.41) is 0. The Labute approximate surface area is 176 Å². The smallest absolute Gasteiger partial charge is 0.324 e. The third-order valence-electron chi connectivity index (χ3n) is 5.43.